The number of piperidine rings is 1. The number of hydrogen-bond acceptors (Lipinski definition) is 4. The van der Waals surface area contributed by atoms with Crippen molar-refractivity contribution in [2.45, 2.75) is 25.4 Å². The Labute approximate surface area is 200 Å². The number of anilines is 1. The van der Waals surface area contributed by atoms with Crippen molar-refractivity contribution >= 4 is 28.4 Å². The molecule has 5 rings (SSSR count). The van der Waals surface area contributed by atoms with Gasteiger partial charge in [-0.3, -0.25) is 14.5 Å². The molecule has 1 aromatic heterocycles. The first-order valence-electron chi connectivity index (χ1n) is 12.2. The topological polar surface area (TPSA) is 79.9 Å². The van der Waals surface area contributed by atoms with Crippen LogP contribution >= 0.6 is 0 Å². The highest BCUT2D eigenvalue weighted by atomic mass is 16.3. The minimum atomic E-state index is -0.194. The maximum absolute atomic E-state index is 13.5. The Hall–Kier alpha value is -3.16. The lowest BCUT2D eigenvalue weighted by molar-refractivity contribution is -0.131. The predicted octanol–water partition coefficient (Wildman–Crippen LogP) is 3.12. The first kappa shape index (κ1) is 22.6. The zero-order chi connectivity index (χ0) is 23.5. The molecule has 0 aliphatic carbocycles. The molecule has 0 bridgehead atoms. The van der Waals surface area contributed by atoms with Gasteiger partial charge in [0.15, 0.2) is 0 Å². The van der Waals surface area contributed by atoms with Crippen LogP contribution in [0, 0.1) is 5.92 Å². The van der Waals surface area contributed by atoms with Gasteiger partial charge in [-0.2, -0.15) is 0 Å². The molecule has 2 aliphatic rings. The second-order valence-corrected chi connectivity index (χ2v) is 9.53. The molecule has 3 aromatic rings. The van der Waals surface area contributed by atoms with E-state index >= 15 is 0 Å². The molecule has 2 saturated heterocycles. The standard InChI is InChI=1S/C27H32N4O3/c32-24-11-13-29(18-24)17-20-9-14-30(15-10-20)26(33)19-31(23-4-2-1-3-5-23)27(34)22-7-6-21-8-12-28-25(21)16-22/h1-8,12,16,20,24,28,32H,9-11,13-15,17-19H2. The SMILES string of the molecule is O=C(CN(C(=O)c1ccc2cc[nH]c2c1)c1ccccc1)N1CCC(CN2CCC(O)C2)CC1. The van der Waals surface area contributed by atoms with Gasteiger partial charge in [-0.25, -0.2) is 0 Å². The van der Waals surface area contributed by atoms with E-state index in [0.717, 1.165) is 55.5 Å². The molecular weight excluding hydrogens is 428 g/mol. The van der Waals surface area contributed by atoms with E-state index in [1.165, 1.54) is 0 Å². The molecule has 3 heterocycles. The van der Waals surface area contributed by atoms with Crippen LogP contribution in [0.5, 0.6) is 0 Å². The Morgan fingerprint density at radius 1 is 1.00 bits per heavy atom. The third kappa shape index (κ3) is 5.00. The number of aliphatic hydroxyl groups is 1. The predicted molar refractivity (Wildman–Crippen MR) is 133 cm³/mol. The van der Waals surface area contributed by atoms with Crippen LogP contribution in [0.2, 0.25) is 0 Å². The Morgan fingerprint density at radius 3 is 2.53 bits per heavy atom. The van der Waals surface area contributed by atoms with Crippen LogP contribution in [0.15, 0.2) is 60.8 Å². The number of amides is 2. The molecule has 7 nitrogen and oxygen atoms in total. The quantitative estimate of drug-likeness (QED) is 0.592. The van der Waals surface area contributed by atoms with Crippen molar-refractivity contribution in [3.8, 4) is 0 Å². The number of fused-ring (bicyclic) bond motifs is 1. The van der Waals surface area contributed by atoms with Gasteiger partial charge in [0.2, 0.25) is 5.91 Å². The number of aromatic nitrogens is 1. The van der Waals surface area contributed by atoms with E-state index in [9.17, 15) is 14.7 Å². The molecule has 2 N–H and O–H groups in total. The molecule has 0 spiro atoms. The number of carbonyl (C=O) groups excluding carboxylic acids is 2. The smallest absolute Gasteiger partial charge is 0.258 e. The van der Waals surface area contributed by atoms with Gasteiger partial charge in [-0.1, -0.05) is 24.3 Å². The van der Waals surface area contributed by atoms with Crippen LogP contribution in [0.4, 0.5) is 5.69 Å². The number of carbonyl (C=O) groups is 2. The fraction of sp³-hybridized carbons (Fsp3) is 0.407. The number of nitrogens with zero attached hydrogens (tertiary/aromatic N) is 3. The molecule has 2 amide bonds. The molecule has 1 unspecified atom stereocenters. The van der Waals surface area contributed by atoms with Crippen molar-refractivity contribution in [3.05, 3.63) is 66.4 Å². The van der Waals surface area contributed by atoms with Crippen LogP contribution < -0.4 is 4.90 Å². The maximum atomic E-state index is 13.5. The van der Waals surface area contributed by atoms with Gasteiger partial charge in [0.1, 0.15) is 6.54 Å². The van der Waals surface area contributed by atoms with E-state index in [0.29, 0.717) is 24.6 Å². The number of β-amino-alcohol motifs (C(OH)–C–C–N with tert-alkyl or cyclic N) is 1. The van der Waals surface area contributed by atoms with Gasteiger partial charge in [-0.15, -0.1) is 0 Å². The van der Waals surface area contributed by atoms with E-state index in [4.69, 9.17) is 0 Å². The number of aromatic amines is 1. The monoisotopic (exact) mass is 460 g/mol. The van der Waals surface area contributed by atoms with Gasteiger partial charge < -0.3 is 19.9 Å². The minimum absolute atomic E-state index is 0.0202. The molecule has 2 aliphatic heterocycles. The Morgan fingerprint density at radius 2 is 1.79 bits per heavy atom. The molecule has 1 atom stereocenters. The van der Waals surface area contributed by atoms with E-state index in [1.54, 1.807) is 4.90 Å². The molecule has 34 heavy (non-hydrogen) atoms. The van der Waals surface area contributed by atoms with Gasteiger partial charge in [-0.05, 0) is 60.9 Å². The number of benzene rings is 2. The maximum Gasteiger partial charge on any atom is 0.258 e. The lowest BCUT2D eigenvalue weighted by Crippen LogP contribution is -2.47. The van der Waals surface area contributed by atoms with Crippen LogP contribution in [0.25, 0.3) is 10.9 Å². The van der Waals surface area contributed by atoms with E-state index in [1.807, 2.05) is 65.7 Å². The van der Waals surface area contributed by atoms with Crippen LogP contribution in [0.3, 0.4) is 0 Å². The van der Waals surface area contributed by atoms with E-state index < -0.39 is 0 Å². The minimum Gasteiger partial charge on any atom is -0.392 e. The molecule has 2 fully saturated rings. The van der Waals surface area contributed by atoms with Crippen LogP contribution in [-0.4, -0.2) is 77.1 Å². The highest BCUT2D eigenvalue weighted by Gasteiger charge is 2.29. The fourth-order valence-electron chi connectivity index (χ4n) is 5.17. The Balaban J connectivity index is 1.25. The zero-order valence-electron chi connectivity index (χ0n) is 19.4. The summed E-state index contributed by atoms with van der Waals surface area (Å²) in [6.45, 7) is 4.17. The largest absolute Gasteiger partial charge is 0.392 e. The summed E-state index contributed by atoms with van der Waals surface area (Å²) in [4.78, 5) is 35.8. The highest BCUT2D eigenvalue weighted by molar-refractivity contribution is 6.10. The Kier molecular flexibility index (Phi) is 6.65. The summed E-state index contributed by atoms with van der Waals surface area (Å²) >= 11 is 0. The van der Waals surface area contributed by atoms with Crippen molar-refractivity contribution < 1.29 is 14.7 Å². The van der Waals surface area contributed by atoms with Crippen LogP contribution in [-0.2, 0) is 4.79 Å². The van der Waals surface area contributed by atoms with Crippen molar-refractivity contribution in [2.75, 3.05) is 44.2 Å². The molecular formula is C27H32N4O3. The average molecular weight is 461 g/mol. The van der Waals surface area contributed by atoms with Gasteiger partial charge in [0, 0.05) is 55.7 Å². The number of hydrogen-bond donors (Lipinski definition) is 2. The summed E-state index contributed by atoms with van der Waals surface area (Å²) in [6.07, 6.45) is 4.44. The summed E-state index contributed by atoms with van der Waals surface area (Å²) in [5.41, 5.74) is 2.17. The number of likely N-dealkylation sites (tertiary alicyclic amines) is 2. The normalized spacial score (nSPS) is 19.6. The summed E-state index contributed by atoms with van der Waals surface area (Å²) in [5.74, 6) is 0.348. The molecule has 2 aromatic carbocycles. The number of aliphatic hydroxyl groups excluding tert-OH is 1. The van der Waals surface area contributed by atoms with Crippen molar-refractivity contribution in [1.82, 2.24) is 14.8 Å². The van der Waals surface area contributed by atoms with E-state index in [2.05, 4.69) is 9.88 Å². The Bertz CT molecular complexity index is 1140. The summed E-state index contributed by atoms with van der Waals surface area (Å²) in [6, 6.07) is 17.0. The summed E-state index contributed by atoms with van der Waals surface area (Å²) in [5, 5.41) is 10.8. The lowest BCUT2D eigenvalue weighted by atomic mass is 9.96. The molecule has 7 heteroatoms. The van der Waals surface area contributed by atoms with Crippen molar-refractivity contribution in [2.24, 2.45) is 5.92 Å². The second kappa shape index (κ2) is 9.99. The molecule has 0 radical (unpaired) electrons. The highest BCUT2D eigenvalue weighted by Crippen LogP contribution is 2.23. The second-order valence-electron chi connectivity index (χ2n) is 9.53. The summed E-state index contributed by atoms with van der Waals surface area (Å²) < 4.78 is 0. The first-order chi connectivity index (χ1) is 16.6. The molecule has 178 valence electrons. The van der Waals surface area contributed by atoms with Gasteiger partial charge >= 0.3 is 0 Å². The third-order valence-electron chi connectivity index (χ3n) is 7.14. The third-order valence-corrected chi connectivity index (χ3v) is 7.14. The van der Waals surface area contributed by atoms with Gasteiger partial charge in [0.05, 0.1) is 6.10 Å². The molecule has 0 saturated carbocycles. The van der Waals surface area contributed by atoms with E-state index in [-0.39, 0.29) is 24.5 Å². The number of rotatable bonds is 6. The van der Waals surface area contributed by atoms with Crippen molar-refractivity contribution in [3.63, 3.8) is 0 Å². The number of para-hydroxylation sites is 1. The number of H-pyrrole nitrogens is 1. The average Bonchev–Trinajstić information content (AvgIpc) is 3.51. The summed E-state index contributed by atoms with van der Waals surface area (Å²) in [7, 11) is 0. The van der Waals surface area contributed by atoms with Crippen molar-refractivity contribution in [1.29, 1.82) is 0 Å². The first-order valence-corrected chi connectivity index (χ1v) is 12.2. The fourth-order valence-corrected chi connectivity index (χ4v) is 5.17. The van der Waals surface area contributed by atoms with Crippen LogP contribution in [0.1, 0.15) is 29.6 Å². The van der Waals surface area contributed by atoms with Gasteiger partial charge in [0.25, 0.3) is 5.91 Å². The number of nitrogens with one attached hydrogen (secondary N) is 1. The lowest BCUT2D eigenvalue weighted by Gasteiger charge is -2.35. The zero-order valence-corrected chi connectivity index (χ0v) is 19.4.